The van der Waals surface area contributed by atoms with Gasteiger partial charge in [0, 0.05) is 25.5 Å². The van der Waals surface area contributed by atoms with Gasteiger partial charge in [0.1, 0.15) is 5.82 Å². The van der Waals surface area contributed by atoms with Crippen molar-refractivity contribution in [3.8, 4) is 0 Å². The van der Waals surface area contributed by atoms with Crippen LogP contribution in [-0.4, -0.2) is 28.0 Å². The zero-order valence-electron chi connectivity index (χ0n) is 10.8. The zero-order chi connectivity index (χ0) is 12.9. The largest absolute Gasteiger partial charge is 0.356 e. The molecule has 1 saturated heterocycles. The number of rotatable bonds is 4. The Labute approximate surface area is 112 Å². The fourth-order valence-electron chi connectivity index (χ4n) is 2.23. The molecular weight excluding hydrogens is 238 g/mol. The number of hydrogen-bond donors (Lipinski definition) is 1. The molecule has 1 N–H and O–H groups in total. The molecule has 3 heterocycles. The van der Waals surface area contributed by atoms with E-state index in [4.69, 9.17) is 0 Å². The van der Waals surface area contributed by atoms with Crippen LogP contribution in [-0.2, 0) is 6.54 Å². The van der Waals surface area contributed by atoms with Gasteiger partial charge in [0.05, 0.1) is 12.2 Å². The van der Waals surface area contributed by atoms with E-state index >= 15 is 0 Å². The lowest BCUT2D eigenvalue weighted by Crippen LogP contribution is -2.19. The molecule has 0 amide bonds. The van der Waals surface area contributed by atoms with Gasteiger partial charge in [-0.05, 0) is 31.0 Å². The monoisotopic (exact) mass is 255 g/mol. The van der Waals surface area contributed by atoms with Gasteiger partial charge in [-0.3, -0.25) is 4.98 Å². The minimum absolute atomic E-state index is 0.643. The van der Waals surface area contributed by atoms with Gasteiger partial charge >= 0.3 is 0 Å². The molecule has 0 unspecified atom stereocenters. The Morgan fingerprint density at radius 1 is 1.05 bits per heavy atom. The molecule has 2 aromatic heterocycles. The molecule has 0 atom stereocenters. The number of pyridine rings is 1. The summed E-state index contributed by atoms with van der Waals surface area (Å²) in [7, 11) is 0. The molecule has 0 radical (unpaired) electrons. The quantitative estimate of drug-likeness (QED) is 0.906. The lowest BCUT2D eigenvalue weighted by Gasteiger charge is -2.16. The van der Waals surface area contributed by atoms with Crippen LogP contribution in [0.15, 0.2) is 36.7 Å². The summed E-state index contributed by atoms with van der Waals surface area (Å²) in [6.07, 6.45) is 6.10. The average Bonchev–Trinajstić information content (AvgIpc) is 3.01. The van der Waals surface area contributed by atoms with Gasteiger partial charge in [0.2, 0.25) is 5.95 Å². The number of nitrogens with one attached hydrogen (secondary N) is 1. The van der Waals surface area contributed by atoms with Gasteiger partial charge in [-0.15, -0.1) is 0 Å². The summed E-state index contributed by atoms with van der Waals surface area (Å²) in [5.41, 5.74) is 0.984. The smallest absolute Gasteiger partial charge is 0.224 e. The van der Waals surface area contributed by atoms with Crippen molar-refractivity contribution in [1.29, 1.82) is 0 Å². The van der Waals surface area contributed by atoms with Gasteiger partial charge in [-0.2, -0.15) is 4.98 Å². The van der Waals surface area contributed by atoms with Crippen molar-refractivity contribution in [2.75, 3.05) is 23.3 Å². The lowest BCUT2D eigenvalue weighted by molar-refractivity contribution is 0.919. The van der Waals surface area contributed by atoms with E-state index in [1.165, 1.54) is 12.8 Å². The maximum Gasteiger partial charge on any atom is 0.224 e. The molecule has 0 bridgehead atoms. The van der Waals surface area contributed by atoms with Crippen molar-refractivity contribution in [2.45, 2.75) is 19.4 Å². The van der Waals surface area contributed by atoms with Crippen molar-refractivity contribution in [3.05, 3.63) is 42.4 Å². The Kier molecular flexibility index (Phi) is 3.54. The summed E-state index contributed by atoms with van der Waals surface area (Å²) in [6, 6.07) is 7.84. The van der Waals surface area contributed by atoms with Crippen LogP contribution in [0.2, 0.25) is 0 Å². The van der Waals surface area contributed by atoms with E-state index in [1.807, 2.05) is 24.3 Å². The fourth-order valence-corrected chi connectivity index (χ4v) is 2.23. The molecule has 2 aromatic rings. The summed E-state index contributed by atoms with van der Waals surface area (Å²) < 4.78 is 0. The Balaban J connectivity index is 1.66. The van der Waals surface area contributed by atoms with Gasteiger partial charge in [0.15, 0.2) is 0 Å². The Morgan fingerprint density at radius 3 is 2.74 bits per heavy atom. The SMILES string of the molecule is c1ccc(CNc2nccc(N3CCCC3)n2)nc1. The van der Waals surface area contributed by atoms with Crippen molar-refractivity contribution in [1.82, 2.24) is 15.0 Å². The van der Waals surface area contributed by atoms with Crippen molar-refractivity contribution in [2.24, 2.45) is 0 Å². The van der Waals surface area contributed by atoms with Crippen LogP contribution in [0, 0.1) is 0 Å². The van der Waals surface area contributed by atoms with Gasteiger partial charge in [-0.1, -0.05) is 6.07 Å². The Morgan fingerprint density at radius 2 is 1.95 bits per heavy atom. The molecule has 0 aliphatic carbocycles. The van der Waals surface area contributed by atoms with E-state index in [-0.39, 0.29) is 0 Å². The molecule has 19 heavy (non-hydrogen) atoms. The summed E-state index contributed by atoms with van der Waals surface area (Å²) in [5.74, 6) is 1.67. The predicted molar refractivity (Wildman–Crippen MR) is 75.0 cm³/mol. The highest BCUT2D eigenvalue weighted by Crippen LogP contribution is 2.18. The fraction of sp³-hybridized carbons (Fsp3) is 0.357. The molecule has 1 aliphatic heterocycles. The molecule has 1 fully saturated rings. The Hall–Kier alpha value is -2.17. The second-order valence-corrected chi connectivity index (χ2v) is 4.61. The normalized spacial score (nSPS) is 14.6. The zero-order valence-corrected chi connectivity index (χ0v) is 10.8. The lowest BCUT2D eigenvalue weighted by atomic mass is 10.3. The molecule has 5 nitrogen and oxygen atoms in total. The second-order valence-electron chi connectivity index (χ2n) is 4.61. The number of aromatic nitrogens is 3. The van der Waals surface area contributed by atoms with E-state index in [2.05, 4.69) is 25.2 Å². The van der Waals surface area contributed by atoms with Crippen LogP contribution in [0.1, 0.15) is 18.5 Å². The Bertz CT molecular complexity index is 522. The molecular formula is C14H17N5. The highest BCUT2D eigenvalue weighted by Gasteiger charge is 2.13. The third-order valence-electron chi connectivity index (χ3n) is 3.22. The van der Waals surface area contributed by atoms with Gasteiger partial charge in [-0.25, -0.2) is 4.98 Å². The minimum atomic E-state index is 0.643. The number of nitrogens with zero attached hydrogens (tertiary/aromatic N) is 4. The van der Waals surface area contributed by atoms with Crippen LogP contribution in [0.5, 0.6) is 0 Å². The van der Waals surface area contributed by atoms with E-state index in [0.29, 0.717) is 12.5 Å². The first-order chi connectivity index (χ1) is 9.42. The van der Waals surface area contributed by atoms with Crippen LogP contribution >= 0.6 is 0 Å². The topological polar surface area (TPSA) is 53.9 Å². The van der Waals surface area contributed by atoms with Gasteiger partial charge in [0.25, 0.3) is 0 Å². The molecule has 3 rings (SSSR count). The first kappa shape index (κ1) is 11.9. The summed E-state index contributed by atoms with van der Waals surface area (Å²) in [5, 5.41) is 3.21. The molecule has 5 heteroatoms. The van der Waals surface area contributed by atoms with E-state index in [9.17, 15) is 0 Å². The highest BCUT2D eigenvalue weighted by molar-refractivity contribution is 5.43. The number of hydrogen-bond acceptors (Lipinski definition) is 5. The van der Waals surface area contributed by atoms with E-state index in [1.54, 1.807) is 12.4 Å². The minimum Gasteiger partial charge on any atom is -0.356 e. The molecule has 0 spiro atoms. The standard InChI is InChI=1S/C14H17N5/c1-2-7-15-12(5-1)11-17-14-16-8-6-13(18-14)19-9-3-4-10-19/h1-2,5-8H,3-4,9-11H2,(H,16,17,18). The third-order valence-corrected chi connectivity index (χ3v) is 3.22. The van der Waals surface area contributed by atoms with Crippen LogP contribution in [0.25, 0.3) is 0 Å². The molecule has 1 aliphatic rings. The van der Waals surface area contributed by atoms with Crippen molar-refractivity contribution in [3.63, 3.8) is 0 Å². The summed E-state index contributed by atoms with van der Waals surface area (Å²) in [6.45, 7) is 2.83. The summed E-state index contributed by atoms with van der Waals surface area (Å²) in [4.78, 5) is 15.4. The van der Waals surface area contributed by atoms with Crippen LogP contribution < -0.4 is 10.2 Å². The molecule has 0 saturated carbocycles. The second kappa shape index (κ2) is 5.65. The van der Waals surface area contributed by atoms with Crippen molar-refractivity contribution < 1.29 is 0 Å². The van der Waals surface area contributed by atoms with Crippen LogP contribution in [0.4, 0.5) is 11.8 Å². The number of anilines is 2. The third kappa shape index (κ3) is 2.99. The molecule has 98 valence electrons. The van der Waals surface area contributed by atoms with E-state index in [0.717, 1.165) is 24.6 Å². The first-order valence-corrected chi connectivity index (χ1v) is 6.63. The first-order valence-electron chi connectivity index (χ1n) is 6.63. The van der Waals surface area contributed by atoms with Crippen molar-refractivity contribution >= 4 is 11.8 Å². The molecule has 0 aromatic carbocycles. The van der Waals surface area contributed by atoms with Crippen LogP contribution in [0.3, 0.4) is 0 Å². The van der Waals surface area contributed by atoms with E-state index < -0.39 is 0 Å². The maximum absolute atomic E-state index is 4.55. The summed E-state index contributed by atoms with van der Waals surface area (Å²) >= 11 is 0. The maximum atomic E-state index is 4.55. The van der Waals surface area contributed by atoms with Gasteiger partial charge < -0.3 is 10.2 Å². The average molecular weight is 255 g/mol. The highest BCUT2D eigenvalue weighted by atomic mass is 15.2. The predicted octanol–water partition coefficient (Wildman–Crippen LogP) is 2.08.